The normalized spacial score (nSPS) is 11.0. The summed E-state index contributed by atoms with van der Waals surface area (Å²) in [5, 5.41) is 9.03. The summed E-state index contributed by atoms with van der Waals surface area (Å²) in [7, 11) is 0. The van der Waals surface area contributed by atoms with Crippen LogP contribution in [0.25, 0.3) is 0 Å². The van der Waals surface area contributed by atoms with Crippen LogP contribution in [0.15, 0.2) is 24.3 Å². The molecule has 0 aliphatic carbocycles. The molecule has 0 aliphatic heterocycles. The predicted molar refractivity (Wildman–Crippen MR) is 59.2 cm³/mol. The number of rotatable bonds is 2. The number of carbonyl (C=O) groups excluding carboxylic acids is 1. The van der Waals surface area contributed by atoms with Gasteiger partial charge in [-0.3, -0.25) is 0 Å². The number of aliphatic hydroxyl groups is 1. The molecule has 1 N–H and O–H groups in total. The fourth-order valence-electron chi connectivity index (χ4n) is 1.09. The lowest BCUT2D eigenvalue weighted by Crippen LogP contribution is -2.26. The average molecular weight is 224 g/mol. The number of ether oxygens (including phenoxy) is 2. The lowest BCUT2D eigenvalue weighted by Gasteiger charge is -2.19. The number of carbonyl (C=O) groups is 1. The maximum Gasteiger partial charge on any atom is 0.514 e. The van der Waals surface area contributed by atoms with Gasteiger partial charge < -0.3 is 14.6 Å². The van der Waals surface area contributed by atoms with Crippen LogP contribution in [-0.2, 0) is 11.3 Å². The second kappa shape index (κ2) is 4.99. The maximum atomic E-state index is 11.4. The van der Waals surface area contributed by atoms with Crippen LogP contribution in [0.2, 0.25) is 0 Å². The summed E-state index contributed by atoms with van der Waals surface area (Å²) in [5.74, 6) is 0.319. The van der Waals surface area contributed by atoms with Crippen molar-refractivity contribution in [2.24, 2.45) is 0 Å². The third-order valence-corrected chi connectivity index (χ3v) is 1.73. The largest absolute Gasteiger partial charge is 0.514 e. The molecule has 1 aromatic rings. The van der Waals surface area contributed by atoms with Gasteiger partial charge in [-0.05, 0) is 26.8 Å². The number of hydrogen-bond acceptors (Lipinski definition) is 4. The first kappa shape index (κ1) is 12.5. The molecule has 16 heavy (non-hydrogen) atoms. The van der Waals surface area contributed by atoms with E-state index in [0.717, 1.165) is 0 Å². The monoisotopic (exact) mass is 224 g/mol. The topological polar surface area (TPSA) is 55.8 Å². The molecule has 0 fully saturated rings. The van der Waals surface area contributed by atoms with Crippen molar-refractivity contribution in [1.82, 2.24) is 0 Å². The first-order valence-electron chi connectivity index (χ1n) is 5.02. The minimum Gasteiger partial charge on any atom is -0.428 e. The average Bonchev–Trinajstić information content (AvgIpc) is 2.15. The van der Waals surface area contributed by atoms with E-state index in [2.05, 4.69) is 0 Å². The molecule has 0 saturated heterocycles. The molecule has 4 heteroatoms. The second-order valence-corrected chi connectivity index (χ2v) is 4.33. The summed E-state index contributed by atoms with van der Waals surface area (Å²) in [4.78, 5) is 11.4. The Balaban J connectivity index is 2.70. The third-order valence-electron chi connectivity index (χ3n) is 1.73. The number of para-hydroxylation sites is 1. The molecule has 0 heterocycles. The van der Waals surface area contributed by atoms with Gasteiger partial charge in [0.15, 0.2) is 0 Å². The zero-order valence-corrected chi connectivity index (χ0v) is 9.69. The molecule has 0 spiro atoms. The molecule has 0 radical (unpaired) electrons. The smallest absolute Gasteiger partial charge is 0.428 e. The van der Waals surface area contributed by atoms with Gasteiger partial charge in [0.2, 0.25) is 0 Å². The molecule has 4 nitrogen and oxygen atoms in total. The molecule has 1 rings (SSSR count). The van der Waals surface area contributed by atoms with Crippen molar-refractivity contribution in [3.8, 4) is 5.75 Å². The fraction of sp³-hybridized carbons (Fsp3) is 0.417. The quantitative estimate of drug-likeness (QED) is 0.619. The highest BCUT2D eigenvalue weighted by atomic mass is 16.7. The van der Waals surface area contributed by atoms with Crippen LogP contribution in [0, 0.1) is 0 Å². The van der Waals surface area contributed by atoms with Gasteiger partial charge in [0.05, 0.1) is 6.61 Å². The highest BCUT2D eigenvalue weighted by Gasteiger charge is 2.18. The highest BCUT2D eigenvalue weighted by molar-refractivity contribution is 5.65. The summed E-state index contributed by atoms with van der Waals surface area (Å²) < 4.78 is 9.99. The van der Waals surface area contributed by atoms with Gasteiger partial charge in [-0.15, -0.1) is 0 Å². The first-order chi connectivity index (χ1) is 7.42. The van der Waals surface area contributed by atoms with E-state index in [1.807, 2.05) is 0 Å². The molecule has 0 unspecified atom stereocenters. The first-order valence-corrected chi connectivity index (χ1v) is 5.02. The van der Waals surface area contributed by atoms with Gasteiger partial charge in [-0.25, -0.2) is 4.79 Å². The van der Waals surface area contributed by atoms with Gasteiger partial charge in [0.1, 0.15) is 11.4 Å². The molecule has 0 atom stereocenters. The Labute approximate surface area is 94.8 Å². The summed E-state index contributed by atoms with van der Waals surface area (Å²) >= 11 is 0. The molecule has 1 aromatic carbocycles. The van der Waals surface area contributed by atoms with E-state index < -0.39 is 11.8 Å². The Morgan fingerprint density at radius 1 is 1.31 bits per heavy atom. The van der Waals surface area contributed by atoms with Crippen molar-refractivity contribution in [3.05, 3.63) is 29.8 Å². The Hall–Kier alpha value is -1.55. The molecule has 0 bridgehead atoms. The molecule has 0 saturated carbocycles. The van der Waals surface area contributed by atoms with Gasteiger partial charge in [0, 0.05) is 5.56 Å². The van der Waals surface area contributed by atoms with Crippen molar-refractivity contribution in [3.63, 3.8) is 0 Å². The van der Waals surface area contributed by atoms with E-state index >= 15 is 0 Å². The lowest BCUT2D eigenvalue weighted by atomic mass is 10.2. The van der Waals surface area contributed by atoms with Crippen LogP contribution in [0.3, 0.4) is 0 Å². The van der Waals surface area contributed by atoms with Crippen molar-refractivity contribution in [2.75, 3.05) is 0 Å². The van der Waals surface area contributed by atoms with Crippen LogP contribution >= 0.6 is 0 Å². The molecular formula is C12H16O4. The molecular weight excluding hydrogens is 208 g/mol. The zero-order chi connectivity index (χ0) is 12.2. The molecule has 0 aromatic heterocycles. The molecule has 0 amide bonds. The van der Waals surface area contributed by atoms with Crippen LogP contribution in [0.5, 0.6) is 5.75 Å². The van der Waals surface area contributed by atoms with Crippen LogP contribution < -0.4 is 4.74 Å². The maximum absolute atomic E-state index is 11.4. The molecule has 88 valence electrons. The van der Waals surface area contributed by atoms with Crippen molar-refractivity contribution in [2.45, 2.75) is 33.0 Å². The summed E-state index contributed by atoms with van der Waals surface area (Å²) in [6.45, 7) is 5.09. The Kier molecular flexibility index (Phi) is 3.90. The minimum absolute atomic E-state index is 0.182. The number of hydrogen-bond donors (Lipinski definition) is 1. The van der Waals surface area contributed by atoms with Crippen LogP contribution in [0.4, 0.5) is 4.79 Å². The van der Waals surface area contributed by atoms with E-state index in [4.69, 9.17) is 14.6 Å². The SMILES string of the molecule is CC(C)(C)OC(=O)Oc1ccccc1CO. The van der Waals surface area contributed by atoms with Crippen LogP contribution in [-0.4, -0.2) is 16.9 Å². The van der Waals surface area contributed by atoms with E-state index in [9.17, 15) is 4.79 Å². The van der Waals surface area contributed by atoms with Crippen molar-refractivity contribution >= 4 is 6.16 Å². The van der Waals surface area contributed by atoms with Gasteiger partial charge in [0.25, 0.3) is 0 Å². The van der Waals surface area contributed by atoms with Gasteiger partial charge >= 0.3 is 6.16 Å². The van der Waals surface area contributed by atoms with E-state index in [1.165, 1.54) is 0 Å². The Morgan fingerprint density at radius 3 is 2.50 bits per heavy atom. The number of aliphatic hydroxyl groups excluding tert-OH is 1. The van der Waals surface area contributed by atoms with E-state index in [-0.39, 0.29) is 6.61 Å². The Bertz CT molecular complexity index is 366. The highest BCUT2D eigenvalue weighted by Crippen LogP contribution is 2.19. The minimum atomic E-state index is -0.770. The fourth-order valence-corrected chi connectivity index (χ4v) is 1.09. The lowest BCUT2D eigenvalue weighted by molar-refractivity contribution is 0.0202. The van der Waals surface area contributed by atoms with E-state index in [0.29, 0.717) is 11.3 Å². The number of benzene rings is 1. The van der Waals surface area contributed by atoms with Gasteiger partial charge in [-0.1, -0.05) is 18.2 Å². The zero-order valence-electron chi connectivity index (χ0n) is 9.69. The second-order valence-electron chi connectivity index (χ2n) is 4.33. The Morgan fingerprint density at radius 2 is 1.94 bits per heavy atom. The third kappa shape index (κ3) is 3.90. The van der Waals surface area contributed by atoms with Gasteiger partial charge in [-0.2, -0.15) is 0 Å². The van der Waals surface area contributed by atoms with Crippen molar-refractivity contribution < 1.29 is 19.4 Å². The van der Waals surface area contributed by atoms with Crippen LogP contribution in [0.1, 0.15) is 26.3 Å². The summed E-state index contributed by atoms with van der Waals surface area (Å²) in [6, 6.07) is 6.77. The summed E-state index contributed by atoms with van der Waals surface area (Å²) in [5.41, 5.74) is -0.0426. The standard InChI is InChI=1S/C12H16O4/c1-12(2,3)16-11(14)15-10-7-5-4-6-9(10)8-13/h4-7,13H,8H2,1-3H3. The van der Waals surface area contributed by atoms with Crippen molar-refractivity contribution in [1.29, 1.82) is 0 Å². The predicted octanol–water partition coefficient (Wildman–Crippen LogP) is 2.49. The van der Waals surface area contributed by atoms with E-state index in [1.54, 1.807) is 45.0 Å². The summed E-state index contributed by atoms with van der Waals surface area (Å²) in [6.07, 6.45) is -0.770. The molecule has 0 aliphatic rings.